The third-order valence-corrected chi connectivity index (χ3v) is 3.79. The monoisotopic (exact) mass is 227 g/mol. The smallest absolute Gasteiger partial charge is 0.192 e. The van der Waals surface area contributed by atoms with Gasteiger partial charge in [0, 0.05) is 16.6 Å². The number of pyridine rings is 1. The van der Waals surface area contributed by atoms with E-state index in [1.165, 1.54) is 17.7 Å². The van der Waals surface area contributed by atoms with Crippen LogP contribution >= 0.6 is 0 Å². The fraction of sp³-hybridized carbons (Fsp3) is 0.400. The lowest BCUT2D eigenvalue weighted by Gasteiger charge is -2.16. The van der Waals surface area contributed by atoms with Crippen LogP contribution in [0.3, 0.4) is 0 Å². The lowest BCUT2D eigenvalue weighted by Crippen LogP contribution is -2.18. The van der Waals surface area contributed by atoms with Gasteiger partial charge in [-0.3, -0.25) is 4.79 Å². The standard InChI is InChI=1S/C15H17NO/c1-2-10-6-5-8-12-14(10)16-13-9-4-3-7-11(13)15(12)17/h5-6,8H,2-4,7,9H2,1H3,(H,16,17). The zero-order chi connectivity index (χ0) is 11.8. The molecule has 0 radical (unpaired) electrons. The molecule has 88 valence electrons. The van der Waals surface area contributed by atoms with E-state index >= 15 is 0 Å². The van der Waals surface area contributed by atoms with E-state index in [0.29, 0.717) is 0 Å². The van der Waals surface area contributed by atoms with Gasteiger partial charge in [-0.25, -0.2) is 0 Å². The van der Waals surface area contributed by atoms with Crippen molar-refractivity contribution < 1.29 is 0 Å². The van der Waals surface area contributed by atoms with Gasteiger partial charge in [0.2, 0.25) is 0 Å². The van der Waals surface area contributed by atoms with E-state index in [9.17, 15) is 4.79 Å². The van der Waals surface area contributed by atoms with Crippen molar-refractivity contribution in [2.75, 3.05) is 0 Å². The number of para-hydroxylation sites is 1. The number of aromatic nitrogens is 1. The second-order valence-electron chi connectivity index (χ2n) is 4.81. The van der Waals surface area contributed by atoms with Gasteiger partial charge in [0.15, 0.2) is 5.43 Å². The highest BCUT2D eigenvalue weighted by Gasteiger charge is 2.16. The summed E-state index contributed by atoms with van der Waals surface area (Å²) in [6, 6.07) is 6.04. The molecule has 0 unspecified atom stereocenters. The number of nitrogens with one attached hydrogen (secondary N) is 1. The van der Waals surface area contributed by atoms with Crippen LogP contribution < -0.4 is 5.43 Å². The minimum atomic E-state index is 0.253. The summed E-state index contributed by atoms with van der Waals surface area (Å²) < 4.78 is 0. The highest BCUT2D eigenvalue weighted by Crippen LogP contribution is 2.22. The third kappa shape index (κ3) is 1.59. The summed E-state index contributed by atoms with van der Waals surface area (Å²) >= 11 is 0. The van der Waals surface area contributed by atoms with Gasteiger partial charge >= 0.3 is 0 Å². The summed E-state index contributed by atoms with van der Waals surface area (Å²) in [6.07, 6.45) is 5.28. The van der Waals surface area contributed by atoms with Gasteiger partial charge in [-0.2, -0.15) is 0 Å². The Morgan fingerprint density at radius 3 is 2.88 bits per heavy atom. The number of aromatic amines is 1. The van der Waals surface area contributed by atoms with Crippen LogP contribution in [0.4, 0.5) is 0 Å². The van der Waals surface area contributed by atoms with E-state index in [0.717, 1.165) is 42.1 Å². The first-order valence-electron chi connectivity index (χ1n) is 6.47. The second kappa shape index (κ2) is 4.02. The molecular formula is C15H17NO. The largest absolute Gasteiger partial charge is 0.358 e. The Kier molecular flexibility index (Phi) is 2.50. The summed E-state index contributed by atoms with van der Waals surface area (Å²) in [7, 11) is 0. The molecule has 0 amide bonds. The minimum Gasteiger partial charge on any atom is -0.358 e. The maximum Gasteiger partial charge on any atom is 0.192 e. The van der Waals surface area contributed by atoms with Crippen LogP contribution in [0.2, 0.25) is 0 Å². The van der Waals surface area contributed by atoms with Gasteiger partial charge in [0.1, 0.15) is 0 Å². The molecule has 0 atom stereocenters. The Hall–Kier alpha value is -1.57. The van der Waals surface area contributed by atoms with Crippen LogP contribution in [0.15, 0.2) is 23.0 Å². The first-order valence-corrected chi connectivity index (χ1v) is 6.47. The van der Waals surface area contributed by atoms with E-state index in [4.69, 9.17) is 0 Å². The van der Waals surface area contributed by atoms with E-state index in [-0.39, 0.29) is 5.43 Å². The van der Waals surface area contributed by atoms with Crippen molar-refractivity contribution in [3.05, 3.63) is 45.2 Å². The predicted molar refractivity (Wildman–Crippen MR) is 70.6 cm³/mol. The van der Waals surface area contributed by atoms with Gasteiger partial charge in [-0.1, -0.05) is 19.1 Å². The Morgan fingerprint density at radius 2 is 2.06 bits per heavy atom. The van der Waals surface area contributed by atoms with Gasteiger partial charge in [0.05, 0.1) is 5.52 Å². The van der Waals surface area contributed by atoms with Crippen molar-refractivity contribution in [1.29, 1.82) is 0 Å². The van der Waals surface area contributed by atoms with Gasteiger partial charge in [0.25, 0.3) is 0 Å². The summed E-state index contributed by atoms with van der Waals surface area (Å²) in [5.41, 5.74) is 4.75. The Bertz CT molecular complexity index is 625. The SMILES string of the molecule is CCc1cccc2c(=O)c3c([nH]c12)CCCC3. The fourth-order valence-corrected chi connectivity index (χ4v) is 2.84. The van der Waals surface area contributed by atoms with Crippen molar-refractivity contribution in [1.82, 2.24) is 4.98 Å². The Labute approximate surface area is 101 Å². The molecule has 1 aliphatic rings. The average Bonchev–Trinajstić information content (AvgIpc) is 2.38. The second-order valence-corrected chi connectivity index (χ2v) is 4.81. The van der Waals surface area contributed by atoms with Crippen molar-refractivity contribution in [3.8, 4) is 0 Å². The van der Waals surface area contributed by atoms with Gasteiger partial charge in [-0.15, -0.1) is 0 Å². The zero-order valence-corrected chi connectivity index (χ0v) is 10.2. The van der Waals surface area contributed by atoms with Crippen LogP contribution in [0.1, 0.15) is 36.6 Å². The van der Waals surface area contributed by atoms with E-state index in [1.54, 1.807) is 0 Å². The third-order valence-electron chi connectivity index (χ3n) is 3.79. The maximum atomic E-state index is 12.4. The lowest BCUT2D eigenvalue weighted by molar-refractivity contribution is 0.667. The summed E-state index contributed by atoms with van der Waals surface area (Å²) in [4.78, 5) is 15.9. The van der Waals surface area contributed by atoms with Gasteiger partial charge in [-0.05, 0) is 43.7 Å². The molecule has 1 aliphatic carbocycles. The average molecular weight is 227 g/mol. The molecule has 1 heterocycles. The molecule has 0 saturated carbocycles. The fourth-order valence-electron chi connectivity index (χ4n) is 2.84. The summed E-state index contributed by atoms with van der Waals surface area (Å²) in [5, 5.41) is 0.866. The molecule has 1 aromatic carbocycles. The number of aryl methyl sites for hydroxylation is 2. The number of rotatable bonds is 1. The van der Waals surface area contributed by atoms with Crippen LogP contribution in [-0.4, -0.2) is 4.98 Å². The summed E-state index contributed by atoms with van der Waals surface area (Å²) in [5.74, 6) is 0. The zero-order valence-electron chi connectivity index (χ0n) is 10.2. The molecule has 0 bridgehead atoms. The molecule has 3 rings (SSSR count). The van der Waals surface area contributed by atoms with Crippen LogP contribution in [-0.2, 0) is 19.3 Å². The van der Waals surface area contributed by atoms with Crippen LogP contribution in [0, 0.1) is 0 Å². The molecule has 0 fully saturated rings. The van der Waals surface area contributed by atoms with Crippen molar-refractivity contribution >= 4 is 10.9 Å². The Balaban J connectivity index is 2.40. The number of hydrogen-bond acceptors (Lipinski definition) is 1. The predicted octanol–water partition coefficient (Wildman–Crippen LogP) is 2.97. The van der Waals surface area contributed by atoms with E-state index in [1.807, 2.05) is 12.1 Å². The van der Waals surface area contributed by atoms with Crippen molar-refractivity contribution in [3.63, 3.8) is 0 Å². The van der Waals surface area contributed by atoms with E-state index < -0.39 is 0 Å². The molecule has 17 heavy (non-hydrogen) atoms. The maximum absolute atomic E-state index is 12.4. The topological polar surface area (TPSA) is 32.9 Å². The molecular weight excluding hydrogens is 210 g/mol. The molecule has 2 heteroatoms. The minimum absolute atomic E-state index is 0.253. The van der Waals surface area contributed by atoms with Crippen LogP contribution in [0.25, 0.3) is 10.9 Å². The highest BCUT2D eigenvalue weighted by atomic mass is 16.1. The lowest BCUT2D eigenvalue weighted by atomic mass is 9.93. The molecule has 0 spiro atoms. The van der Waals surface area contributed by atoms with Crippen molar-refractivity contribution in [2.24, 2.45) is 0 Å². The number of benzene rings is 1. The number of H-pyrrole nitrogens is 1. The summed E-state index contributed by atoms with van der Waals surface area (Å²) in [6.45, 7) is 2.13. The molecule has 0 saturated heterocycles. The molecule has 1 aromatic heterocycles. The quantitative estimate of drug-likeness (QED) is 0.798. The first kappa shape index (κ1) is 10.6. The molecule has 0 aliphatic heterocycles. The van der Waals surface area contributed by atoms with Gasteiger partial charge < -0.3 is 4.98 Å². The van der Waals surface area contributed by atoms with Crippen LogP contribution in [0.5, 0.6) is 0 Å². The normalized spacial score (nSPS) is 14.9. The number of hydrogen-bond donors (Lipinski definition) is 1. The Morgan fingerprint density at radius 1 is 1.24 bits per heavy atom. The van der Waals surface area contributed by atoms with Crippen molar-refractivity contribution in [2.45, 2.75) is 39.0 Å². The first-order chi connectivity index (χ1) is 8.31. The number of fused-ring (bicyclic) bond motifs is 2. The van der Waals surface area contributed by atoms with E-state index in [2.05, 4.69) is 18.0 Å². The molecule has 1 N–H and O–H groups in total. The highest BCUT2D eigenvalue weighted by molar-refractivity contribution is 5.82. The molecule has 2 aromatic rings. The molecule has 2 nitrogen and oxygen atoms in total.